The van der Waals surface area contributed by atoms with Crippen LogP contribution in [0.2, 0.25) is 0 Å². The van der Waals surface area contributed by atoms with Crippen molar-refractivity contribution in [2.75, 3.05) is 12.3 Å². The van der Waals surface area contributed by atoms with Crippen LogP contribution in [0.25, 0.3) is 16.9 Å². The van der Waals surface area contributed by atoms with Gasteiger partial charge in [0.05, 0.1) is 19.0 Å². The summed E-state index contributed by atoms with van der Waals surface area (Å²) < 4.78 is 7.29. The van der Waals surface area contributed by atoms with Crippen LogP contribution in [0, 0.1) is 0 Å². The molecule has 0 radical (unpaired) electrons. The van der Waals surface area contributed by atoms with Crippen LogP contribution in [0.4, 0.5) is 5.95 Å². The number of nitrogens with one attached hydrogen (secondary N) is 1. The molecule has 0 unspecified atom stereocenters. The second kappa shape index (κ2) is 4.56. The number of anilines is 1. The maximum absolute atomic E-state index is 5.74. The molecule has 0 saturated heterocycles. The lowest BCUT2D eigenvalue weighted by atomic mass is 10.2. The molecule has 0 aromatic carbocycles. The number of nitrogens with two attached hydrogens (primary N) is 1. The Hall–Kier alpha value is -2.64. The van der Waals surface area contributed by atoms with Crippen LogP contribution in [0.15, 0.2) is 18.6 Å². The number of fused-ring (bicyclic) bond motifs is 1. The first-order valence-corrected chi connectivity index (χ1v) is 5.92. The van der Waals surface area contributed by atoms with Gasteiger partial charge in [0.2, 0.25) is 11.8 Å². The molecule has 0 aliphatic heterocycles. The third-order valence-electron chi connectivity index (χ3n) is 2.57. The first kappa shape index (κ1) is 11.5. The van der Waals surface area contributed by atoms with Gasteiger partial charge in [-0.25, -0.2) is 4.98 Å². The fraction of sp³-hybridized carbons (Fsp3) is 0.273. The Bertz CT molecular complexity index is 688. The summed E-state index contributed by atoms with van der Waals surface area (Å²) in [6, 6.07) is 0. The van der Waals surface area contributed by atoms with Gasteiger partial charge in [-0.15, -0.1) is 5.10 Å². The minimum atomic E-state index is 0.187. The molecule has 0 fully saturated rings. The number of nitrogen functional groups attached to an aromatic ring is 1. The highest BCUT2D eigenvalue weighted by Crippen LogP contribution is 2.27. The van der Waals surface area contributed by atoms with E-state index in [1.165, 1.54) is 0 Å². The largest absolute Gasteiger partial charge is 0.476 e. The van der Waals surface area contributed by atoms with Crippen LogP contribution < -0.4 is 10.5 Å². The topological polar surface area (TPSA) is 107 Å². The Morgan fingerprint density at radius 1 is 1.42 bits per heavy atom. The van der Waals surface area contributed by atoms with Crippen LogP contribution in [0.3, 0.4) is 0 Å². The van der Waals surface area contributed by atoms with Gasteiger partial charge in [0, 0.05) is 11.8 Å². The maximum Gasteiger partial charge on any atom is 0.244 e. The van der Waals surface area contributed by atoms with Gasteiger partial charge in [0.25, 0.3) is 0 Å². The summed E-state index contributed by atoms with van der Waals surface area (Å²) in [6.45, 7) is 2.59. The summed E-state index contributed by atoms with van der Waals surface area (Å²) >= 11 is 0. The highest BCUT2D eigenvalue weighted by molar-refractivity contribution is 5.65. The van der Waals surface area contributed by atoms with Crippen LogP contribution in [0.1, 0.15) is 13.3 Å². The van der Waals surface area contributed by atoms with Crippen molar-refractivity contribution in [1.82, 2.24) is 29.8 Å². The summed E-state index contributed by atoms with van der Waals surface area (Å²) in [5, 5.41) is 10.8. The van der Waals surface area contributed by atoms with E-state index in [9.17, 15) is 0 Å². The zero-order valence-electron chi connectivity index (χ0n) is 10.4. The van der Waals surface area contributed by atoms with Crippen molar-refractivity contribution in [3.05, 3.63) is 18.6 Å². The van der Waals surface area contributed by atoms with E-state index in [0.29, 0.717) is 23.8 Å². The number of ether oxygens (including phenoxy) is 1. The van der Waals surface area contributed by atoms with E-state index < -0.39 is 0 Å². The zero-order valence-corrected chi connectivity index (χ0v) is 10.4. The van der Waals surface area contributed by atoms with Crippen molar-refractivity contribution in [2.24, 2.45) is 0 Å². The summed E-state index contributed by atoms with van der Waals surface area (Å²) in [6.07, 6.45) is 5.90. The molecular formula is C11H13N7O. The maximum atomic E-state index is 5.74. The molecule has 3 rings (SSSR count). The van der Waals surface area contributed by atoms with Gasteiger partial charge in [-0.2, -0.15) is 14.6 Å². The molecule has 3 aromatic rings. The first-order chi connectivity index (χ1) is 9.29. The Kier molecular flexibility index (Phi) is 2.75. The van der Waals surface area contributed by atoms with E-state index in [0.717, 1.165) is 12.0 Å². The molecule has 0 atom stereocenters. The minimum Gasteiger partial charge on any atom is -0.476 e. The molecule has 0 amide bonds. The third kappa shape index (κ3) is 1.96. The van der Waals surface area contributed by atoms with Crippen LogP contribution in [0.5, 0.6) is 5.88 Å². The van der Waals surface area contributed by atoms with Crippen molar-refractivity contribution < 1.29 is 4.74 Å². The number of aromatic amines is 1. The van der Waals surface area contributed by atoms with Crippen LogP contribution in [-0.2, 0) is 0 Å². The molecule has 8 nitrogen and oxygen atoms in total. The SMILES string of the molecule is CCCOc1c(-c2cn[nH]c2)ncc2nc(N)nn12. The number of hydrogen-bond donors (Lipinski definition) is 2. The highest BCUT2D eigenvalue weighted by atomic mass is 16.5. The van der Waals surface area contributed by atoms with E-state index in [1.807, 2.05) is 6.92 Å². The van der Waals surface area contributed by atoms with Gasteiger partial charge < -0.3 is 10.5 Å². The molecule has 0 aliphatic rings. The summed E-state index contributed by atoms with van der Waals surface area (Å²) in [5.74, 6) is 0.706. The lowest BCUT2D eigenvalue weighted by Gasteiger charge is -2.09. The number of aromatic nitrogens is 6. The van der Waals surface area contributed by atoms with Gasteiger partial charge in [0.1, 0.15) is 5.69 Å². The molecule has 0 bridgehead atoms. The standard InChI is InChI=1S/C11H13N7O/c1-2-3-19-10-9(7-4-14-15-5-7)13-6-8-16-11(12)17-18(8)10/h4-6H,2-3H2,1H3,(H2,12,17)(H,14,15). The predicted octanol–water partition coefficient (Wildman–Crippen LogP) is 0.885. The molecule has 19 heavy (non-hydrogen) atoms. The zero-order chi connectivity index (χ0) is 13.2. The molecule has 8 heteroatoms. The Morgan fingerprint density at radius 3 is 3.05 bits per heavy atom. The number of rotatable bonds is 4. The summed E-state index contributed by atoms with van der Waals surface area (Å²) in [4.78, 5) is 8.42. The Balaban J connectivity index is 2.20. The molecule has 0 spiro atoms. The van der Waals surface area contributed by atoms with Gasteiger partial charge in [-0.05, 0) is 6.42 Å². The van der Waals surface area contributed by atoms with E-state index >= 15 is 0 Å². The van der Waals surface area contributed by atoms with Crippen molar-refractivity contribution in [3.63, 3.8) is 0 Å². The third-order valence-corrected chi connectivity index (χ3v) is 2.57. The second-order valence-electron chi connectivity index (χ2n) is 3.99. The summed E-state index contributed by atoms with van der Waals surface area (Å²) in [5.41, 5.74) is 7.64. The molecule has 3 aromatic heterocycles. The molecule has 3 heterocycles. The van der Waals surface area contributed by atoms with Gasteiger partial charge >= 0.3 is 0 Å². The highest BCUT2D eigenvalue weighted by Gasteiger charge is 2.16. The summed E-state index contributed by atoms with van der Waals surface area (Å²) in [7, 11) is 0. The predicted molar refractivity (Wildman–Crippen MR) is 68.6 cm³/mol. The molecular weight excluding hydrogens is 246 g/mol. The second-order valence-corrected chi connectivity index (χ2v) is 3.99. The number of hydrogen-bond acceptors (Lipinski definition) is 6. The monoisotopic (exact) mass is 259 g/mol. The Morgan fingerprint density at radius 2 is 2.32 bits per heavy atom. The average molecular weight is 259 g/mol. The Labute approximate surface area is 108 Å². The van der Waals surface area contributed by atoms with Crippen molar-refractivity contribution in [1.29, 1.82) is 0 Å². The van der Waals surface area contributed by atoms with Crippen molar-refractivity contribution >= 4 is 11.6 Å². The van der Waals surface area contributed by atoms with Crippen LogP contribution in [-0.4, -0.2) is 36.4 Å². The molecule has 98 valence electrons. The minimum absolute atomic E-state index is 0.187. The molecule has 0 aliphatic carbocycles. The van der Waals surface area contributed by atoms with E-state index in [1.54, 1.807) is 23.1 Å². The van der Waals surface area contributed by atoms with Gasteiger partial charge in [-0.3, -0.25) is 5.10 Å². The van der Waals surface area contributed by atoms with E-state index in [2.05, 4.69) is 25.3 Å². The van der Waals surface area contributed by atoms with Crippen LogP contribution >= 0.6 is 0 Å². The number of nitrogens with zero attached hydrogens (tertiary/aromatic N) is 5. The molecule has 0 saturated carbocycles. The molecule has 3 N–H and O–H groups in total. The quantitative estimate of drug-likeness (QED) is 0.720. The van der Waals surface area contributed by atoms with Crippen molar-refractivity contribution in [2.45, 2.75) is 13.3 Å². The van der Waals surface area contributed by atoms with Crippen molar-refractivity contribution in [3.8, 4) is 17.1 Å². The van der Waals surface area contributed by atoms with Gasteiger partial charge in [0.15, 0.2) is 5.65 Å². The van der Waals surface area contributed by atoms with Gasteiger partial charge in [-0.1, -0.05) is 6.92 Å². The smallest absolute Gasteiger partial charge is 0.244 e. The fourth-order valence-electron chi connectivity index (χ4n) is 1.76. The fourth-order valence-corrected chi connectivity index (χ4v) is 1.76. The average Bonchev–Trinajstić information content (AvgIpc) is 3.03. The first-order valence-electron chi connectivity index (χ1n) is 5.92. The lowest BCUT2D eigenvalue weighted by molar-refractivity contribution is 0.297. The van der Waals surface area contributed by atoms with E-state index in [4.69, 9.17) is 10.5 Å². The number of H-pyrrole nitrogens is 1. The lowest BCUT2D eigenvalue weighted by Crippen LogP contribution is -2.05. The van der Waals surface area contributed by atoms with E-state index in [-0.39, 0.29) is 5.95 Å². The normalized spacial score (nSPS) is 11.0.